The fourth-order valence-electron chi connectivity index (χ4n) is 1.29. The van der Waals surface area contributed by atoms with Gasteiger partial charge in [0.05, 0.1) is 0 Å². The fourth-order valence-corrected chi connectivity index (χ4v) is 1.29. The van der Waals surface area contributed by atoms with Crippen molar-refractivity contribution >= 4 is 0 Å². The second-order valence-corrected chi connectivity index (χ2v) is 5.18. The maximum Gasteiger partial charge on any atom is 0.00740 e. The third kappa shape index (κ3) is 7.34. The molecule has 0 aliphatic rings. The maximum absolute atomic E-state index is 5.99. The second kappa shape index (κ2) is 7.24. The second-order valence-electron chi connectivity index (χ2n) is 5.18. The highest BCUT2D eigenvalue weighted by Gasteiger charge is 2.08. The zero-order valence-corrected chi connectivity index (χ0v) is 10.6. The highest BCUT2D eigenvalue weighted by Crippen LogP contribution is 2.05. The summed E-state index contributed by atoms with van der Waals surface area (Å²) in [4.78, 5) is 2.39. The van der Waals surface area contributed by atoms with E-state index in [1.54, 1.807) is 0 Å². The lowest BCUT2D eigenvalue weighted by atomic mass is 10.0. The smallest absolute Gasteiger partial charge is 0.00740 e. The van der Waals surface area contributed by atoms with Gasteiger partial charge in [-0.1, -0.05) is 27.7 Å². The SMILES string of the molecule is CC(C)CCN(C)CCC(N)C(C)C. The molecule has 1 atom stereocenters. The third-order valence-electron chi connectivity index (χ3n) is 2.79. The Morgan fingerprint density at radius 2 is 1.50 bits per heavy atom. The van der Waals surface area contributed by atoms with E-state index in [1.165, 1.54) is 13.0 Å². The lowest BCUT2D eigenvalue weighted by Gasteiger charge is -2.21. The Labute approximate surface area is 89.9 Å². The van der Waals surface area contributed by atoms with E-state index in [-0.39, 0.29) is 0 Å². The standard InChI is InChI=1S/C12H28N2/c1-10(2)6-8-14(5)9-7-12(13)11(3)4/h10-12H,6-9,13H2,1-5H3. The normalized spacial score (nSPS) is 14.4. The van der Waals surface area contributed by atoms with E-state index in [0.717, 1.165) is 18.9 Å². The topological polar surface area (TPSA) is 29.3 Å². The number of hydrogen-bond donors (Lipinski definition) is 1. The van der Waals surface area contributed by atoms with Crippen LogP contribution in [0.15, 0.2) is 0 Å². The zero-order chi connectivity index (χ0) is 11.1. The van der Waals surface area contributed by atoms with Crippen LogP contribution in [0.25, 0.3) is 0 Å². The van der Waals surface area contributed by atoms with Gasteiger partial charge in [0.2, 0.25) is 0 Å². The van der Waals surface area contributed by atoms with Crippen LogP contribution in [-0.4, -0.2) is 31.1 Å². The molecular formula is C12H28N2. The predicted molar refractivity (Wildman–Crippen MR) is 64.4 cm³/mol. The molecule has 2 nitrogen and oxygen atoms in total. The minimum atomic E-state index is 0.358. The van der Waals surface area contributed by atoms with Crippen molar-refractivity contribution in [1.82, 2.24) is 4.90 Å². The van der Waals surface area contributed by atoms with E-state index < -0.39 is 0 Å². The van der Waals surface area contributed by atoms with Crippen molar-refractivity contribution in [2.75, 3.05) is 20.1 Å². The van der Waals surface area contributed by atoms with Crippen LogP contribution >= 0.6 is 0 Å². The van der Waals surface area contributed by atoms with Gasteiger partial charge in [0.25, 0.3) is 0 Å². The Hall–Kier alpha value is -0.0800. The summed E-state index contributed by atoms with van der Waals surface area (Å²) in [6.45, 7) is 11.3. The molecule has 0 aromatic rings. The van der Waals surface area contributed by atoms with E-state index in [1.807, 2.05) is 0 Å². The Morgan fingerprint density at radius 3 is 1.93 bits per heavy atom. The molecule has 0 bridgehead atoms. The molecule has 0 saturated carbocycles. The minimum absolute atomic E-state index is 0.358. The minimum Gasteiger partial charge on any atom is -0.327 e. The molecule has 0 radical (unpaired) electrons. The van der Waals surface area contributed by atoms with Crippen LogP contribution in [0.2, 0.25) is 0 Å². The third-order valence-corrected chi connectivity index (χ3v) is 2.79. The molecular weight excluding hydrogens is 172 g/mol. The lowest BCUT2D eigenvalue weighted by molar-refractivity contribution is 0.286. The van der Waals surface area contributed by atoms with E-state index >= 15 is 0 Å². The lowest BCUT2D eigenvalue weighted by Crippen LogP contribution is -2.32. The summed E-state index contributed by atoms with van der Waals surface area (Å²) in [5, 5.41) is 0. The molecule has 0 aliphatic heterocycles. The monoisotopic (exact) mass is 200 g/mol. The molecule has 0 spiro atoms. The van der Waals surface area contributed by atoms with Gasteiger partial charge in [-0.3, -0.25) is 0 Å². The van der Waals surface area contributed by atoms with Gasteiger partial charge in [-0.2, -0.15) is 0 Å². The van der Waals surface area contributed by atoms with Crippen LogP contribution in [0.5, 0.6) is 0 Å². The first-order valence-corrected chi connectivity index (χ1v) is 5.87. The Bertz CT molecular complexity index is 132. The van der Waals surface area contributed by atoms with Crippen molar-refractivity contribution in [2.45, 2.75) is 46.6 Å². The number of hydrogen-bond acceptors (Lipinski definition) is 2. The summed E-state index contributed by atoms with van der Waals surface area (Å²) in [7, 11) is 2.19. The summed E-state index contributed by atoms with van der Waals surface area (Å²) < 4.78 is 0. The van der Waals surface area contributed by atoms with Crippen molar-refractivity contribution in [2.24, 2.45) is 17.6 Å². The van der Waals surface area contributed by atoms with Crippen LogP contribution < -0.4 is 5.73 Å². The average molecular weight is 200 g/mol. The Morgan fingerprint density at radius 1 is 1.00 bits per heavy atom. The summed E-state index contributed by atoms with van der Waals surface area (Å²) in [6.07, 6.45) is 2.40. The van der Waals surface area contributed by atoms with Crippen LogP contribution in [0, 0.1) is 11.8 Å². The molecule has 14 heavy (non-hydrogen) atoms. The van der Waals surface area contributed by atoms with Crippen molar-refractivity contribution in [3.8, 4) is 0 Å². The van der Waals surface area contributed by atoms with Gasteiger partial charge in [-0.15, -0.1) is 0 Å². The van der Waals surface area contributed by atoms with Crippen molar-refractivity contribution in [1.29, 1.82) is 0 Å². The van der Waals surface area contributed by atoms with E-state index in [9.17, 15) is 0 Å². The van der Waals surface area contributed by atoms with Gasteiger partial charge in [-0.05, 0) is 44.8 Å². The zero-order valence-electron chi connectivity index (χ0n) is 10.6. The molecule has 0 fully saturated rings. The average Bonchev–Trinajstić information content (AvgIpc) is 2.10. The van der Waals surface area contributed by atoms with Crippen molar-refractivity contribution in [3.05, 3.63) is 0 Å². The first-order valence-electron chi connectivity index (χ1n) is 5.87. The fraction of sp³-hybridized carbons (Fsp3) is 1.00. The van der Waals surface area contributed by atoms with Crippen molar-refractivity contribution < 1.29 is 0 Å². The van der Waals surface area contributed by atoms with Gasteiger partial charge >= 0.3 is 0 Å². The summed E-state index contributed by atoms with van der Waals surface area (Å²) >= 11 is 0. The van der Waals surface area contributed by atoms with Crippen molar-refractivity contribution in [3.63, 3.8) is 0 Å². The number of nitrogens with two attached hydrogens (primary N) is 1. The summed E-state index contributed by atoms with van der Waals surface area (Å²) in [5.41, 5.74) is 5.99. The largest absolute Gasteiger partial charge is 0.327 e. The van der Waals surface area contributed by atoms with Gasteiger partial charge in [0.1, 0.15) is 0 Å². The van der Waals surface area contributed by atoms with Crippen LogP contribution in [0.3, 0.4) is 0 Å². The van der Waals surface area contributed by atoms with Gasteiger partial charge < -0.3 is 10.6 Å². The van der Waals surface area contributed by atoms with Gasteiger partial charge in [-0.25, -0.2) is 0 Å². The van der Waals surface area contributed by atoms with Crippen LogP contribution in [0.1, 0.15) is 40.5 Å². The first kappa shape index (κ1) is 13.9. The quantitative estimate of drug-likeness (QED) is 0.683. The molecule has 0 amide bonds. The molecule has 0 aromatic heterocycles. The van der Waals surface area contributed by atoms with Crippen LogP contribution in [0.4, 0.5) is 0 Å². The molecule has 0 rings (SSSR count). The van der Waals surface area contributed by atoms with E-state index in [4.69, 9.17) is 5.73 Å². The molecule has 2 heteroatoms. The highest BCUT2D eigenvalue weighted by molar-refractivity contribution is 4.67. The summed E-state index contributed by atoms with van der Waals surface area (Å²) in [6, 6.07) is 0.358. The molecule has 0 heterocycles. The van der Waals surface area contributed by atoms with Crippen LogP contribution in [-0.2, 0) is 0 Å². The molecule has 0 aromatic carbocycles. The predicted octanol–water partition coefficient (Wildman–Crippen LogP) is 2.34. The Kier molecular flexibility index (Phi) is 7.20. The molecule has 0 saturated heterocycles. The maximum atomic E-state index is 5.99. The molecule has 86 valence electrons. The van der Waals surface area contributed by atoms with E-state index in [2.05, 4.69) is 39.6 Å². The highest BCUT2D eigenvalue weighted by atomic mass is 15.1. The molecule has 2 N–H and O–H groups in total. The number of rotatable bonds is 7. The van der Waals surface area contributed by atoms with Gasteiger partial charge in [0.15, 0.2) is 0 Å². The Balaban J connectivity index is 3.48. The molecule has 1 unspecified atom stereocenters. The molecule has 0 aliphatic carbocycles. The summed E-state index contributed by atoms with van der Waals surface area (Å²) in [5.74, 6) is 1.41. The number of nitrogens with zero attached hydrogens (tertiary/aromatic N) is 1. The first-order chi connectivity index (χ1) is 6.43. The van der Waals surface area contributed by atoms with E-state index in [0.29, 0.717) is 12.0 Å². The van der Waals surface area contributed by atoms with Gasteiger partial charge in [0, 0.05) is 6.04 Å².